The number of nitrogens with one attached hydrogen (secondary N) is 2. The molecule has 4 aromatic rings. The van der Waals surface area contributed by atoms with Gasteiger partial charge in [-0.05, 0) is 48.5 Å². The maximum absolute atomic E-state index is 12.6. The smallest absolute Gasteiger partial charge is 0.275 e. The molecule has 0 heterocycles. The number of carbonyl (C=O) groups excluding carboxylic acids is 2. The second-order valence-corrected chi connectivity index (χ2v) is 9.06. The molecule has 0 aromatic heterocycles. The number of hydrogen-bond donors (Lipinski definition) is 2. The van der Waals surface area contributed by atoms with Crippen molar-refractivity contribution in [3.63, 3.8) is 0 Å². The van der Waals surface area contributed by atoms with Gasteiger partial charge >= 0.3 is 0 Å². The average Bonchev–Trinajstić information content (AvgIpc) is 2.90. The first kappa shape index (κ1) is 27.2. The van der Waals surface area contributed by atoms with Crippen molar-refractivity contribution >= 4 is 57.8 Å². The predicted molar refractivity (Wildman–Crippen MR) is 148 cm³/mol. The van der Waals surface area contributed by atoms with Crippen molar-refractivity contribution in [3.8, 4) is 0 Å². The lowest BCUT2D eigenvalue weighted by molar-refractivity contribution is -0.386. The zero-order chi connectivity index (χ0) is 28.1. The molecule has 0 saturated heterocycles. The van der Waals surface area contributed by atoms with Gasteiger partial charge in [-0.2, -0.15) is 0 Å². The van der Waals surface area contributed by atoms with Crippen LogP contribution in [0.2, 0.25) is 10.0 Å². The minimum atomic E-state index is -0.634. The molecule has 0 atom stereocenters. The van der Waals surface area contributed by atoms with Gasteiger partial charge in [0.1, 0.15) is 0 Å². The van der Waals surface area contributed by atoms with Gasteiger partial charge in [0, 0.05) is 41.1 Å². The first-order valence-electron chi connectivity index (χ1n) is 11.3. The van der Waals surface area contributed by atoms with E-state index in [-0.39, 0.29) is 61.5 Å². The molecule has 0 spiro atoms. The van der Waals surface area contributed by atoms with E-state index in [1.54, 1.807) is 36.4 Å². The number of nitro benzene ring substituents is 2. The second kappa shape index (κ2) is 11.7. The number of benzene rings is 4. The monoisotopic (exact) mass is 564 g/mol. The lowest BCUT2D eigenvalue weighted by atomic mass is 10.0. The summed E-state index contributed by atoms with van der Waals surface area (Å²) >= 11 is 12.1. The fourth-order valence-corrected chi connectivity index (χ4v) is 4.26. The average molecular weight is 565 g/mol. The van der Waals surface area contributed by atoms with Gasteiger partial charge in [0.25, 0.3) is 23.2 Å². The van der Waals surface area contributed by atoms with Crippen molar-refractivity contribution in [2.24, 2.45) is 0 Å². The van der Waals surface area contributed by atoms with Gasteiger partial charge in [0.15, 0.2) is 0 Å². The van der Waals surface area contributed by atoms with Crippen molar-refractivity contribution in [2.45, 2.75) is 6.42 Å². The zero-order valence-electron chi connectivity index (χ0n) is 19.9. The molecule has 0 unspecified atom stereocenters. The zero-order valence-corrected chi connectivity index (χ0v) is 21.4. The van der Waals surface area contributed by atoms with Gasteiger partial charge in [-0.15, -0.1) is 0 Å². The highest BCUT2D eigenvalue weighted by molar-refractivity contribution is 6.34. The van der Waals surface area contributed by atoms with Gasteiger partial charge in [-0.25, -0.2) is 0 Å². The highest BCUT2D eigenvalue weighted by Crippen LogP contribution is 2.31. The molecule has 196 valence electrons. The van der Waals surface area contributed by atoms with Crippen molar-refractivity contribution in [2.75, 3.05) is 10.6 Å². The van der Waals surface area contributed by atoms with Crippen LogP contribution in [0.5, 0.6) is 0 Å². The van der Waals surface area contributed by atoms with E-state index in [0.717, 1.165) is 0 Å². The van der Waals surface area contributed by atoms with Gasteiger partial charge in [-0.1, -0.05) is 47.5 Å². The number of rotatable bonds is 8. The van der Waals surface area contributed by atoms with Crippen LogP contribution in [0.1, 0.15) is 31.8 Å². The predicted octanol–water partition coefficient (Wildman–Crippen LogP) is 6.91. The third-order valence-electron chi connectivity index (χ3n) is 5.70. The van der Waals surface area contributed by atoms with Crippen LogP contribution >= 0.6 is 23.2 Å². The number of halogens is 2. The fraction of sp³-hybridized carbons (Fsp3) is 0.0370. The summed E-state index contributed by atoms with van der Waals surface area (Å²) in [5, 5.41) is 29.2. The van der Waals surface area contributed by atoms with Crippen LogP contribution in [0.4, 0.5) is 22.7 Å². The molecule has 39 heavy (non-hydrogen) atoms. The maximum Gasteiger partial charge on any atom is 0.275 e. The van der Waals surface area contributed by atoms with E-state index < -0.39 is 21.7 Å². The maximum atomic E-state index is 12.6. The molecule has 0 saturated carbocycles. The van der Waals surface area contributed by atoms with Gasteiger partial charge in [0.05, 0.1) is 31.0 Å². The SMILES string of the molecule is O=C(Nc1ccc(Cc2ccc(NC(=O)c3ccccc3Cl)cc2[N+](=O)[O-])c([N+](=O)[O-])c1)c1ccccc1Cl. The van der Waals surface area contributed by atoms with Crippen LogP contribution in [-0.2, 0) is 6.42 Å². The van der Waals surface area contributed by atoms with Crippen LogP contribution in [0.25, 0.3) is 0 Å². The molecule has 12 heteroatoms. The van der Waals surface area contributed by atoms with Gasteiger partial charge < -0.3 is 10.6 Å². The van der Waals surface area contributed by atoms with Crippen molar-refractivity contribution in [1.29, 1.82) is 0 Å². The molecule has 0 aliphatic heterocycles. The lowest BCUT2D eigenvalue weighted by Crippen LogP contribution is -2.13. The minimum Gasteiger partial charge on any atom is -0.322 e. The Morgan fingerprint density at radius 3 is 1.38 bits per heavy atom. The minimum absolute atomic E-state index is 0.149. The Kier molecular flexibility index (Phi) is 8.18. The van der Waals surface area contributed by atoms with E-state index in [9.17, 15) is 29.8 Å². The van der Waals surface area contributed by atoms with Crippen LogP contribution in [0.15, 0.2) is 84.9 Å². The Morgan fingerprint density at radius 2 is 1.03 bits per heavy atom. The third-order valence-corrected chi connectivity index (χ3v) is 6.36. The van der Waals surface area contributed by atoms with E-state index in [1.807, 2.05) is 0 Å². The summed E-state index contributed by atoms with van der Waals surface area (Å²) in [6, 6.07) is 20.8. The standard InChI is InChI=1S/C27H18Cl2N4O6/c28-22-7-3-1-5-20(22)26(34)30-18-11-9-16(24(14-18)32(36)37)13-17-10-12-19(15-25(17)33(38)39)31-27(35)21-6-2-4-8-23(21)29/h1-12,14-15H,13H2,(H,30,34)(H,31,35). The summed E-state index contributed by atoms with van der Waals surface area (Å²) in [5.41, 5.74) is 0.407. The molecule has 4 rings (SSSR count). The van der Waals surface area contributed by atoms with Crippen LogP contribution in [0, 0.1) is 20.2 Å². The van der Waals surface area contributed by atoms with Crippen LogP contribution in [0.3, 0.4) is 0 Å². The fourth-order valence-electron chi connectivity index (χ4n) is 3.81. The number of carbonyl (C=O) groups is 2. The van der Waals surface area contributed by atoms with Gasteiger partial charge in [-0.3, -0.25) is 29.8 Å². The molecule has 4 aromatic carbocycles. The number of amides is 2. The molecular formula is C27H18Cl2N4O6. The molecule has 0 aliphatic rings. The van der Waals surface area contributed by atoms with Crippen molar-refractivity contribution in [1.82, 2.24) is 0 Å². The summed E-state index contributed by atoms with van der Waals surface area (Å²) in [6.45, 7) is 0. The summed E-state index contributed by atoms with van der Waals surface area (Å²) < 4.78 is 0. The Hall–Kier alpha value is -4.80. The number of anilines is 2. The Labute approximate surface area is 231 Å². The molecule has 0 bridgehead atoms. The first-order chi connectivity index (χ1) is 18.6. The van der Waals surface area contributed by atoms with E-state index >= 15 is 0 Å². The molecule has 2 N–H and O–H groups in total. The quantitative estimate of drug-likeness (QED) is 0.176. The highest BCUT2D eigenvalue weighted by atomic mass is 35.5. The summed E-state index contributed by atoms with van der Waals surface area (Å²) in [7, 11) is 0. The van der Waals surface area contributed by atoms with Gasteiger partial charge in [0.2, 0.25) is 0 Å². The molecule has 10 nitrogen and oxygen atoms in total. The van der Waals surface area contributed by atoms with E-state index in [1.165, 1.54) is 48.5 Å². The third kappa shape index (κ3) is 6.38. The van der Waals surface area contributed by atoms with Crippen LogP contribution < -0.4 is 10.6 Å². The largest absolute Gasteiger partial charge is 0.322 e. The van der Waals surface area contributed by atoms with E-state index in [0.29, 0.717) is 0 Å². The first-order valence-corrected chi connectivity index (χ1v) is 12.1. The lowest BCUT2D eigenvalue weighted by Gasteiger charge is -2.11. The summed E-state index contributed by atoms with van der Waals surface area (Å²) in [5.74, 6) is -1.10. The number of hydrogen-bond acceptors (Lipinski definition) is 6. The number of nitrogens with zero attached hydrogens (tertiary/aromatic N) is 2. The topological polar surface area (TPSA) is 144 Å². The Bertz CT molecular complexity index is 1510. The van der Waals surface area contributed by atoms with Crippen molar-refractivity contribution in [3.05, 3.63) is 137 Å². The molecular weight excluding hydrogens is 547 g/mol. The summed E-state index contributed by atoms with van der Waals surface area (Å²) in [6.07, 6.45) is -0.149. The Morgan fingerprint density at radius 1 is 0.641 bits per heavy atom. The molecule has 2 amide bonds. The van der Waals surface area contributed by atoms with E-state index in [2.05, 4.69) is 10.6 Å². The number of nitro groups is 2. The summed E-state index contributed by atoms with van der Waals surface area (Å²) in [4.78, 5) is 47.5. The second-order valence-electron chi connectivity index (χ2n) is 8.25. The Balaban J connectivity index is 1.58. The molecule has 0 fully saturated rings. The van der Waals surface area contributed by atoms with Crippen molar-refractivity contribution < 1.29 is 19.4 Å². The van der Waals surface area contributed by atoms with E-state index in [4.69, 9.17) is 23.2 Å². The molecule has 0 aliphatic carbocycles. The normalized spacial score (nSPS) is 10.5. The molecule has 0 radical (unpaired) electrons. The highest BCUT2D eigenvalue weighted by Gasteiger charge is 2.22. The van der Waals surface area contributed by atoms with Crippen LogP contribution in [-0.4, -0.2) is 21.7 Å².